The van der Waals surface area contributed by atoms with Gasteiger partial charge in [0.1, 0.15) is 24.0 Å². The highest BCUT2D eigenvalue weighted by Crippen LogP contribution is 2.19. The number of benzene rings is 2. The fraction of sp³-hybridized carbons (Fsp3) is 0.176. The first-order chi connectivity index (χ1) is 11.6. The number of rotatable bonds is 5. The van der Waals surface area contributed by atoms with E-state index in [0.717, 1.165) is 35.1 Å². The monoisotopic (exact) mass is 347 g/mol. The molecule has 2 aromatic carbocycles. The Balaban J connectivity index is 1.85. The molecular weight excluding hydrogens is 332 g/mol. The van der Waals surface area contributed by atoms with Crippen molar-refractivity contribution < 1.29 is 13.6 Å². The third-order valence-corrected chi connectivity index (χ3v) is 4.00. The molecule has 1 amide bonds. The van der Waals surface area contributed by atoms with Crippen LogP contribution in [-0.4, -0.2) is 21.7 Å². The average Bonchev–Trinajstić information content (AvgIpc) is 2.84. The van der Waals surface area contributed by atoms with E-state index < -0.39 is 11.6 Å². The molecule has 0 aliphatic carbocycles. The van der Waals surface area contributed by atoms with E-state index in [1.165, 1.54) is 0 Å². The van der Waals surface area contributed by atoms with Gasteiger partial charge in [0.25, 0.3) is 0 Å². The van der Waals surface area contributed by atoms with Crippen molar-refractivity contribution in [3.8, 4) is 0 Å². The van der Waals surface area contributed by atoms with Crippen LogP contribution >= 0.6 is 11.8 Å². The van der Waals surface area contributed by atoms with Crippen LogP contribution in [0.25, 0.3) is 11.0 Å². The Morgan fingerprint density at radius 2 is 1.92 bits per heavy atom. The van der Waals surface area contributed by atoms with Crippen LogP contribution in [-0.2, 0) is 17.1 Å². The number of carbonyl (C=O) groups excluding carboxylic acids is 1. The zero-order valence-electron chi connectivity index (χ0n) is 12.9. The van der Waals surface area contributed by atoms with E-state index in [2.05, 4.69) is 10.3 Å². The highest BCUT2D eigenvalue weighted by atomic mass is 32.2. The number of carbonyl (C=O) groups is 1. The molecule has 1 N–H and O–H groups in total. The minimum absolute atomic E-state index is 0.0224. The Hall–Kier alpha value is -2.41. The number of amides is 1. The maximum atomic E-state index is 13.2. The number of halogens is 2. The number of para-hydroxylation sites is 2. The molecule has 0 bridgehead atoms. The van der Waals surface area contributed by atoms with Gasteiger partial charge in [-0.2, -0.15) is 11.8 Å². The first kappa shape index (κ1) is 16.4. The van der Waals surface area contributed by atoms with Gasteiger partial charge >= 0.3 is 0 Å². The molecule has 0 unspecified atom stereocenters. The highest BCUT2D eigenvalue weighted by Gasteiger charge is 2.14. The predicted octanol–water partition coefficient (Wildman–Crippen LogP) is 3.82. The summed E-state index contributed by atoms with van der Waals surface area (Å²) in [4.78, 5) is 16.8. The summed E-state index contributed by atoms with van der Waals surface area (Å²) in [7, 11) is 0. The number of hydrogen-bond donors (Lipinski definition) is 1. The van der Waals surface area contributed by atoms with Crippen LogP contribution in [0.15, 0.2) is 42.5 Å². The lowest BCUT2D eigenvalue weighted by Gasteiger charge is -2.10. The van der Waals surface area contributed by atoms with E-state index in [4.69, 9.17) is 0 Å². The highest BCUT2D eigenvalue weighted by molar-refractivity contribution is 7.97. The van der Waals surface area contributed by atoms with Crippen molar-refractivity contribution in [3.63, 3.8) is 0 Å². The van der Waals surface area contributed by atoms with E-state index in [9.17, 15) is 13.6 Å². The predicted molar refractivity (Wildman–Crippen MR) is 91.9 cm³/mol. The van der Waals surface area contributed by atoms with Gasteiger partial charge in [-0.25, -0.2) is 13.8 Å². The molecule has 1 aromatic heterocycles. The van der Waals surface area contributed by atoms with Crippen molar-refractivity contribution in [2.45, 2.75) is 12.3 Å². The van der Waals surface area contributed by atoms with E-state index in [1.807, 2.05) is 35.1 Å². The van der Waals surface area contributed by atoms with Gasteiger partial charge in [-0.15, -0.1) is 0 Å². The van der Waals surface area contributed by atoms with E-state index >= 15 is 0 Å². The Kier molecular flexibility index (Phi) is 4.80. The van der Waals surface area contributed by atoms with Gasteiger partial charge in [0.15, 0.2) is 0 Å². The Bertz CT molecular complexity index is 874. The van der Waals surface area contributed by atoms with Gasteiger partial charge in [-0.1, -0.05) is 12.1 Å². The van der Waals surface area contributed by atoms with Crippen molar-refractivity contribution in [2.75, 3.05) is 11.6 Å². The van der Waals surface area contributed by atoms with Crippen LogP contribution in [0.1, 0.15) is 5.82 Å². The first-order valence-corrected chi connectivity index (χ1v) is 8.65. The van der Waals surface area contributed by atoms with Gasteiger partial charge in [-0.05, 0) is 30.5 Å². The third kappa shape index (κ3) is 3.56. The number of fused-ring (bicyclic) bond motifs is 1. The summed E-state index contributed by atoms with van der Waals surface area (Å²) >= 11 is 1.60. The average molecular weight is 347 g/mol. The maximum absolute atomic E-state index is 13.2. The summed E-state index contributed by atoms with van der Waals surface area (Å²) in [5, 5.41) is 2.52. The molecule has 3 rings (SSSR count). The second-order valence-corrected chi connectivity index (χ2v) is 6.11. The van der Waals surface area contributed by atoms with Gasteiger partial charge < -0.3 is 9.88 Å². The molecule has 7 heteroatoms. The Labute approximate surface area is 141 Å². The van der Waals surface area contributed by atoms with E-state index in [-0.39, 0.29) is 18.1 Å². The number of imidazole rings is 1. The molecule has 0 saturated carbocycles. The molecule has 0 radical (unpaired) electrons. The fourth-order valence-corrected chi connectivity index (χ4v) is 2.99. The maximum Gasteiger partial charge on any atom is 0.244 e. The number of aromatic nitrogens is 2. The fourth-order valence-electron chi connectivity index (χ4n) is 2.51. The summed E-state index contributed by atoms with van der Waals surface area (Å²) in [6.07, 6.45) is 1.96. The number of nitrogens with one attached hydrogen (secondary N) is 1. The van der Waals surface area contributed by atoms with Crippen LogP contribution in [0.3, 0.4) is 0 Å². The minimum atomic E-state index is -0.735. The van der Waals surface area contributed by atoms with Gasteiger partial charge in [0.05, 0.1) is 16.8 Å². The summed E-state index contributed by atoms with van der Waals surface area (Å²) < 4.78 is 28.3. The summed E-state index contributed by atoms with van der Waals surface area (Å²) in [5.41, 5.74) is 1.75. The van der Waals surface area contributed by atoms with Crippen molar-refractivity contribution in [2.24, 2.45) is 0 Å². The molecule has 3 aromatic rings. The summed E-state index contributed by atoms with van der Waals surface area (Å²) in [6.45, 7) is 0.0224. The van der Waals surface area contributed by atoms with Crippen LogP contribution in [0.5, 0.6) is 0 Å². The van der Waals surface area contributed by atoms with Crippen molar-refractivity contribution >= 4 is 34.4 Å². The molecule has 0 aliphatic heterocycles. The number of thioether (sulfide) groups is 1. The molecule has 124 valence electrons. The second kappa shape index (κ2) is 7.00. The Morgan fingerprint density at radius 3 is 2.62 bits per heavy atom. The second-order valence-electron chi connectivity index (χ2n) is 5.24. The number of anilines is 1. The molecule has 0 fully saturated rings. The molecule has 1 heterocycles. The minimum Gasteiger partial charge on any atom is -0.324 e. The van der Waals surface area contributed by atoms with Gasteiger partial charge in [-0.3, -0.25) is 4.79 Å². The molecule has 0 saturated heterocycles. The summed E-state index contributed by atoms with van der Waals surface area (Å²) in [5.74, 6) is -0.394. The van der Waals surface area contributed by atoms with Crippen LogP contribution < -0.4 is 5.32 Å². The van der Waals surface area contributed by atoms with Crippen LogP contribution in [0.2, 0.25) is 0 Å². The lowest BCUT2D eigenvalue weighted by Crippen LogP contribution is -2.20. The van der Waals surface area contributed by atoms with Crippen LogP contribution in [0, 0.1) is 11.6 Å². The van der Waals surface area contributed by atoms with Crippen molar-refractivity contribution in [3.05, 3.63) is 59.9 Å². The van der Waals surface area contributed by atoms with Crippen LogP contribution in [0.4, 0.5) is 14.5 Å². The number of hydrogen-bond acceptors (Lipinski definition) is 3. The largest absolute Gasteiger partial charge is 0.324 e. The quantitative estimate of drug-likeness (QED) is 0.763. The SMILES string of the molecule is CSCc1nc2ccccc2n1CC(=O)Nc1cc(F)cc(F)c1. The lowest BCUT2D eigenvalue weighted by atomic mass is 10.3. The summed E-state index contributed by atoms with van der Waals surface area (Å²) in [6, 6.07) is 10.5. The molecule has 0 atom stereocenters. The molecule has 4 nitrogen and oxygen atoms in total. The standard InChI is InChI=1S/C17H15F2N3OS/c1-24-10-16-21-14-4-2-3-5-15(14)22(16)9-17(23)20-13-7-11(18)6-12(19)8-13/h2-8H,9-10H2,1H3,(H,20,23). The number of nitrogens with zero attached hydrogens (tertiary/aromatic N) is 2. The van der Waals surface area contributed by atoms with Crippen molar-refractivity contribution in [1.82, 2.24) is 9.55 Å². The van der Waals surface area contributed by atoms with E-state index in [0.29, 0.717) is 5.75 Å². The first-order valence-electron chi connectivity index (χ1n) is 7.26. The topological polar surface area (TPSA) is 46.9 Å². The molecule has 0 aliphatic rings. The smallest absolute Gasteiger partial charge is 0.244 e. The van der Waals surface area contributed by atoms with Crippen molar-refractivity contribution in [1.29, 1.82) is 0 Å². The van der Waals surface area contributed by atoms with Gasteiger partial charge in [0, 0.05) is 11.8 Å². The van der Waals surface area contributed by atoms with Gasteiger partial charge in [0.2, 0.25) is 5.91 Å². The zero-order valence-corrected chi connectivity index (χ0v) is 13.7. The molecule has 0 spiro atoms. The third-order valence-electron chi connectivity index (χ3n) is 3.46. The zero-order chi connectivity index (χ0) is 17.1. The molecule has 24 heavy (non-hydrogen) atoms. The Morgan fingerprint density at radius 1 is 1.21 bits per heavy atom. The molecular formula is C17H15F2N3OS. The normalized spacial score (nSPS) is 11.0. The van der Waals surface area contributed by atoms with E-state index in [1.54, 1.807) is 11.8 Å². The lowest BCUT2D eigenvalue weighted by molar-refractivity contribution is -0.116.